The lowest BCUT2D eigenvalue weighted by atomic mass is 10.1. The van der Waals surface area contributed by atoms with Crippen LogP contribution >= 0.6 is 0 Å². The molecule has 11 heteroatoms. The standard InChI is InChI=1S/C17H13F2N3O6/c1-8-20-11-5-9(3-4-13(11)27-8)21-16(23)10-6-14(26-2)15(28-17(18)19)7-12(10)22(24)25/h3-7,17H,1-2H3,(H,21,23). The number of nitrogens with zero attached hydrogens (tertiary/aromatic N) is 2. The van der Waals surface area contributed by atoms with Gasteiger partial charge in [0.25, 0.3) is 11.6 Å². The molecule has 0 aliphatic heterocycles. The average molecular weight is 393 g/mol. The molecular formula is C17H13F2N3O6. The highest BCUT2D eigenvalue weighted by atomic mass is 19.3. The number of aromatic nitrogens is 1. The number of carbonyl (C=O) groups excluding carboxylic acids is 1. The van der Waals surface area contributed by atoms with Crippen molar-refractivity contribution in [1.29, 1.82) is 0 Å². The van der Waals surface area contributed by atoms with Crippen molar-refractivity contribution >= 4 is 28.4 Å². The fourth-order valence-electron chi connectivity index (χ4n) is 2.55. The largest absolute Gasteiger partial charge is 0.493 e. The van der Waals surface area contributed by atoms with Gasteiger partial charge in [-0.3, -0.25) is 14.9 Å². The van der Waals surface area contributed by atoms with Crippen molar-refractivity contribution in [3.8, 4) is 11.5 Å². The average Bonchev–Trinajstić information content (AvgIpc) is 3.00. The number of oxazole rings is 1. The number of alkyl halides is 2. The van der Waals surface area contributed by atoms with E-state index in [4.69, 9.17) is 9.15 Å². The lowest BCUT2D eigenvalue weighted by Gasteiger charge is -2.12. The van der Waals surface area contributed by atoms with E-state index in [0.717, 1.165) is 13.2 Å². The van der Waals surface area contributed by atoms with Gasteiger partial charge in [-0.25, -0.2) is 4.98 Å². The number of nitro groups is 1. The predicted octanol–water partition coefficient (Wildman–Crippen LogP) is 3.91. The maximum absolute atomic E-state index is 12.6. The van der Waals surface area contributed by atoms with E-state index in [0.29, 0.717) is 28.7 Å². The van der Waals surface area contributed by atoms with E-state index in [1.165, 1.54) is 12.1 Å². The van der Waals surface area contributed by atoms with Crippen LogP contribution in [0.3, 0.4) is 0 Å². The quantitative estimate of drug-likeness (QED) is 0.498. The fraction of sp³-hybridized carbons (Fsp3) is 0.176. The van der Waals surface area contributed by atoms with Gasteiger partial charge in [0.2, 0.25) is 0 Å². The van der Waals surface area contributed by atoms with Gasteiger partial charge in [0.05, 0.1) is 18.1 Å². The molecular weight excluding hydrogens is 380 g/mol. The molecule has 0 bridgehead atoms. The van der Waals surface area contributed by atoms with Crippen LogP contribution in [-0.2, 0) is 0 Å². The fourth-order valence-corrected chi connectivity index (χ4v) is 2.55. The van der Waals surface area contributed by atoms with Gasteiger partial charge >= 0.3 is 6.61 Å². The van der Waals surface area contributed by atoms with Gasteiger partial charge in [0, 0.05) is 18.7 Å². The Morgan fingerprint density at radius 2 is 2.04 bits per heavy atom. The molecule has 9 nitrogen and oxygen atoms in total. The number of carbonyl (C=O) groups is 1. The smallest absolute Gasteiger partial charge is 0.387 e. The second-order valence-corrected chi connectivity index (χ2v) is 5.53. The minimum atomic E-state index is -3.22. The Balaban J connectivity index is 1.97. The summed E-state index contributed by atoms with van der Waals surface area (Å²) in [7, 11) is 1.15. The Morgan fingerprint density at radius 1 is 1.29 bits per heavy atom. The van der Waals surface area contributed by atoms with Crippen molar-refractivity contribution < 1.29 is 32.4 Å². The number of aryl methyl sites for hydroxylation is 1. The van der Waals surface area contributed by atoms with Crippen molar-refractivity contribution in [3.63, 3.8) is 0 Å². The maximum atomic E-state index is 12.6. The number of fused-ring (bicyclic) bond motifs is 1. The molecule has 0 radical (unpaired) electrons. The lowest BCUT2D eigenvalue weighted by Crippen LogP contribution is -2.15. The molecule has 2 aromatic carbocycles. The zero-order valence-electron chi connectivity index (χ0n) is 14.6. The lowest BCUT2D eigenvalue weighted by molar-refractivity contribution is -0.385. The number of nitro benzene ring substituents is 1. The number of benzene rings is 2. The molecule has 1 heterocycles. The first-order chi connectivity index (χ1) is 13.3. The van der Waals surface area contributed by atoms with Gasteiger partial charge in [-0.05, 0) is 18.2 Å². The van der Waals surface area contributed by atoms with Crippen LogP contribution in [0.4, 0.5) is 20.2 Å². The van der Waals surface area contributed by atoms with Crippen LogP contribution in [0.15, 0.2) is 34.7 Å². The molecule has 1 N–H and O–H groups in total. The third kappa shape index (κ3) is 3.82. The summed E-state index contributed by atoms with van der Waals surface area (Å²) in [5.74, 6) is -1.21. The Bertz CT molecular complexity index is 1070. The van der Waals surface area contributed by atoms with Crippen LogP contribution in [0.2, 0.25) is 0 Å². The van der Waals surface area contributed by atoms with Gasteiger partial charge in [-0.15, -0.1) is 0 Å². The van der Waals surface area contributed by atoms with E-state index >= 15 is 0 Å². The monoisotopic (exact) mass is 393 g/mol. The van der Waals surface area contributed by atoms with E-state index < -0.39 is 28.9 Å². The van der Waals surface area contributed by atoms with Crippen molar-refractivity contribution in [2.75, 3.05) is 12.4 Å². The number of amides is 1. The third-order valence-electron chi connectivity index (χ3n) is 3.69. The summed E-state index contributed by atoms with van der Waals surface area (Å²) in [5, 5.41) is 13.8. The molecule has 0 aliphatic rings. The van der Waals surface area contributed by atoms with Gasteiger partial charge < -0.3 is 19.2 Å². The topological polar surface area (TPSA) is 117 Å². The minimum absolute atomic E-state index is 0.251. The molecule has 0 spiro atoms. The highest BCUT2D eigenvalue weighted by Gasteiger charge is 2.26. The van der Waals surface area contributed by atoms with Crippen LogP contribution < -0.4 is 14.8 Å². The van der Waals surface area contributed by atoms with Crippen LogP contribution in [0.5, 0.6) is 11.5 Å². The molecule has 146 valence electrons. The molecule has 1 aromatic heterocycles. The number of anilines is 1. The molecule has 0 saturated heterocycles. The molecule has 1 amide bonds. The summed E-state index contributed by atoms with van der Waals surface area (Å²) in [6.07, 6.45) is 0. The van der Waals surface area contributed by atoms with Gasteiger partial charge in [-0.1, -0.05) is 0 Å². The minimum Gasteiger partial charge on any atom is -0.493 e. The number of ether oxygens (including phenoxy) is 2. The first-order valence-electron chi connectivity index (χ1n) is 7.78. The Morgan fingerprint density at radius 3 is 2.68 bits per heavy atom. The number of rotatable bonds is 6. The summed E-state index contributed by atoms with van der Waals surface area (Å²) < 4.78 is 39.5. The van der Waals surface area contributed by atoms with Gasteiger partial charge in [-0.2, -0.15) is 8.78 Å². The molecule has 3 rings (SSSR count). The molecule has 28 heavy (non-hydrogen) atoms. The summed E-state index contributed by atoms with van der Waals surface area (Å²) in [6.45, 7) is -1.55. The first-order valence-corrected chi connectivity index (χ1v) is 7.78. The van der Waals surface area contributed by atoms with Gasteiger partial charge in [0.15, 0.2) is 23.0 Å². The number of halogens is 2. The Kier molecular flexibility index (Phi) is 5.07. The second-order valence-electron chi connectivity index (χ2n) is 5.53. The summed E-state index contributed by atoms with van der Waals surface area (Å²) in [4.78, 5) is 27.1. The number of methoxy groups -OCH3 is 1. The zero-order chi connectivity index (χ0) is 20.4. The number of hydrogen-bond donors (Lipinski definition) is 1. The van der Waals surface area contributed by atoms with Crippen LogP contribution in [0, 0.1) is 17.0 Å². The molecule has 0 unspecified atom stereocenters. The van der Waals surface area contributed by atoms with Crippen LogP contribution in [-0.4, -0.2) is 29.5 Å². The van der Waals surface area contributed by atoms with Crippen molar-refractivity contribution in [3.05, 3.63) is 51.9 Å². The predicted molar refractivity (Wildman–Crippen MR) is 93.0 cm³/mol. The highest BCUT2D eigenvalue weighted by Crippen LogP contribution is 2.36. The molecule has 3 aromatic rings. The number of hydrogen-bond acceptors (Lipinski definition) is 7. The van der Waals surface area contributed by atoms with Crippen LogP contribution in [0.1, 0.15) is 16.2 Å². The van der Waals surface area contributed by atoms with E-state index in [9.17, 15) is 23.7 Å². The molecule has 0 atom stereocenters. The van der Waals surface area contributed by atoms with Crippen molar-refractivity contribution in [2.24, 2.45) is 0 Å². The van der Waals surface area contributed by atoms with E-state index in [2.05, 4.69) is 15.0 Å². The van der Waals surface area contributed by atoms with E-state index in [1.54, 1.807) is 13.0 Å². The molecule has 0 saturated carbocycles. The van der Waals surface area contributed by atoms with Crippen molar-refractivity contribution in [2.45, 2.75) is 13.5 Å². The van der Waals surface area contributed by atoms with Gasteiger partial charge in [0.1, 0.15) is 11.1 Å². The normalized spacial score (nSPS) is 10.9. The van der Waals surface area contributed by atoms with Crippen LogP contribution in [0.25, 0.3) is 11.1 Å². The first kappa shape index (κ1) is 19.0. The zero-order valence-corrected chi connectivity index (χ0v) is 14.6. The summed E-state index contributed by atoms with van der Waals surface area (Å²) >= 11 is 0. The highest BCUT2D eigenvalue weighted by molar-refractivity contribution is 6.08. The Hall–Kier alpha value is -3.76. The number of nitrogens with one attached hydrogen (secondary N) is 1. The Labute approximate surface area is 156 Å². The summed E-state index contributed by atoms with van der Waals surface area (Å²) in [5.41, 5.74) is 0.207. The molecule has 0 fully saturated rings. The maximum Gasteiger partial charge on any atom is 0.387 e. The van der Waals surface area contributed by atoms with Crippen molar-refractivity contribution in [1.82, 2.24) is 4.98 Å². The molecule has 0 aliphatic carbocycles. The van der Waals surface area contributed by atoms with E-state index in [-0.39, 0.29) is 11.3 Å². The third-order valence-corrected chi connectivity index (χ3v) is 3.69. The summed E-state index contributed by atoms with van der Waals surface area (Å²) in [6, 6.07) is 6.32. The second kappa shape index (κ2) is 7.47. The van der Waals surface area contributed by atoms with E-state index in [1.807, 2.05) is 0 Å². The SMILES string of the molecule is COc1cc(C(=O)Nc2ccc3oc(C)nc3c2)c([N+](=O)[O-])cc1OC(F)F.